The van der Waals surface area contributed by atoms with Gasteiger partial charge in [-0.2, -0.15) is 0 Å². The van der Waals surface area contributed by atoms with Crippen LogP contribution in [0.1, 0.15) is 52.9 Å². The van der Waals surface area contributed by atoms with Gasteiger partial charge in [0.2, 0.25) is 0 Å². The van der Waals surface area contributed by atoms with Crippen molar-refractivity contribution in [1.29, 1.82) is 0 Å². The molecule has 14 heavy (non-hydrogen) atoms. The van der Waals surface area contributed by atoms with Crippen LogP contribution in [0, 0.1) is 0 Å². The normalized spacial score (nSPS) is 19.1. The molecule has 0 aromatic heterocycles. The summed E-state index contributed by atoms with van der Waals surface area (Å²) in [7, 11) is 0. The van der Waals surface area contributed by atoms with Crippen LogP contribution in [-0.2, 0) is 0 Å². The molecule has 1 saturated carbocycles. The predicted molar refractivity (Wildman–Crippen MR) is 60.7 cm³/mol. The van der Waals surface area contributed by atoms with Crippen molar-refractivity contribution < 1.29 is 9.96 Å². The van der Waals surface area contributed by atoms with Crippen molar-refractivity contribution >= 4 is 0 Å². The zero-order valence-electron chi connectivity index (χ0n) is 10.1. The predicted octanol–water partition coefficient (Wildman–Crippen LogP) is 3.02. The number of hydrogen-bond donors (Lipinski definition) is 0. The fraction of sp³-hybridized carbons (Fsp3) is 1.00. The van der Waals surface area contributed by atoms with Crippen molar-refractivity contribution in [2.24, 2.45) is 0 Å². The Kier molecular flexibility index (Phi) is 6.38. The fourth-order valence-corrected chi connectivity index (χ4v) is 3.07. The van der Waals surface area contributed by atoms with Crippen molar-refractivity contribution in [3.63, 3.8) is 0 Å². The van der Waals surface area contributed by atoms with Gasteiger partial charge in [0.25, 0.3) is 0 Å². The lowest BCUT2D eigenvalue weighted by Gasteiger charge is -2.44. The Hall–Kier alpha value is -0.0800. The minimum absolute atomic E-state index is 0. The second-order valence-corrected chi connectivity index (χ2v) is 4.46. The summed E-state index contributed by atoms with van der Waals surface area (Å²) in [5, 5.41) is 0. The molecule has 0 saturated heterocycles. The molecule has 86 valence electrons. The Bertz CT molecular complexity index is 129. The maximum atomic E-state index is 2.36. The standard InChI is InChI=1S/C12H26N.H2O/c1-4-13(5-2,6-3)12-10-8-7-9-11-12;/h12H,4-11H2,1-3H3;1H2/q+1;/p-1. The smallest absolute Gasteiger partial charge is 0.0890 e. The Morgan fingerprint density at radius 2 is 1.29 bits per heavy atom. The third-order valence-corrected chi connectivity index (χ3v) is 4.24. The molecule has 0 aromatic carbocycles. The van der Waals surface area contributed by atoms with Gasteiger partial charge in [-0.15, -0.1) is 0 Å². The molecule has 0 radical (unpaired) electrons. The molecular formula is C12H27NO. The van der Waals surface area contributed by atoms with Crippen molar-refractivity contribution in [3.8, 4) is 0 Å². The van der Waals surface area contributed by atoms with E-state index in [0.29, 0.717) is 0 Å². The molecule has 2 nitrogen and oxygen atoms in total. The molecule has 0 unspecified atom stereocenters. The lowest BCUT2D eigenvalue weighted by Crippen LogP contribution is -2.55. The van der Waals surface area contributed by atoms with E-state index in [1.165, 1.54) is 56.2 Å². The van der Waals surface area contributed by atoms with Gasteiger partial charge < -0.3 is 9.96 Å². The molecule has 0 aliphatic heterocycles. The fourth-order valence-electron chi connectivity index (χ4n) is 3.07. The summed E-state index contributed by atoms with van der Waals surface area (Å²) in [6, 6.07) is 0.980. The van der Waals surface area contributed by atoms with Gasteiger partial charge in [0.1, 0.15) is 0 Å². The molecule has 0 amide bonds. The number of hydrogen-bond acceptors (Lipinski definition) is 1. The van der Waals surface area contributed by atoms with Crippen LogP contribution in [0.15, 0.2) is 0 Å². The van der Waals surface area contributed by atoms with Gasteiger partial charge in [0, 0.05) is 0 Å². The molecule has 0 atom stereocenters. The van der Waals surface area contributed by atoms with E-state index in [1.807, 2.05) is 0 Å². The third kappa shape index (κ3) is 2.71. The van der Waals surface area contributed by atoms with Gasteiger partial charge in [0.15, 0.2) is 0 Å². The van der Waals surface area contributed by atoms with Crippen molar-refractivity contribution in [2.45, 2.75) is 58.9 Å². The van der Waals surface area contributed by atoms with E-state index in [1.54, 1.807) is 0 Å². The second kappa shape index (κ2) is 6.41. The van der Waals surface area contributed by atoms with E-state index in [-0.39, 0.29) is 5.48 Å². The number of rotatable bonds is 4. The van der Waals surface area contributed by atoms with Crippen LogP contribution in [0.25, 0.3) is 0 Å². The Morgan fingerprint density at radius 1 is 0.857 bits per heavy atom. The van der Waals surface area contributed by atoms with E-state index in [4.69, 9.17) is 0 Å². The average Bonchev–Trinajstić information content (AvgIpc) is 2.23. The van der Waals surface area contributed by atoms with E-state index < -0.39 is 0 Å². The maximum Gasteiger partial charge on any atom is 0.0890 e. The zero-order valence-corrected chi connectivity index (χ0v) is 10.1. The van der Waals surface area contributed by atoms with Gasteiger partial charge in [-0.05, 0) is 46.5 Å². The highest BCUT2D eigenvalue weighted by molar-refractivity contribution is 4.66. The van der Waals surface area contributed by atoms with Crippen molar-refractivity contribution in [2.75, 3.05) is 19.6 Å². The summed E-state index contributed by atoms with van der Waals surface area (Å²) in [6.45, 7) is 11.1. The third-order valence-electron chi connectivity index (χ3n) is 4.24. The molecular weight excluding hydrogens is 174 g/mol. The van der Waals surface area contributed by atoms with Crippen LogP contribution in [0.4, 0.5) is 0 Å². The molecule has 0 aromatic rings. The Morgan fingerprint density at radius 3 is 1.64 bits per heavy atom. The minimum Gasteiger partial charge on any atom is -0.870 e. The molecule has 0 heterocycles. The molecule has 1 N–H and O–H groups in total. The van der Waals surface area contributed by atoms with E-state index in [9.17, 15) is 0 Å². The monoisotopic (exact) mass is 201 g/mol. The maximum absolute atomic E-state index is 2.36. The van der Waals surface area contributed by atoms with Crippen molar-refractivity contribution in [1.82, 2.24) is 0 Å². The van der Waals surface area contributed by atoms with E-state index in [0.717, 1.165) is 6.04 Å². The molecule has 1 aliphatic carbocycles. The van der Waals surface area contributed by atoms with Crippen LogP contribution < -0.4 is 0 Å². The highest BCUT2D eigenvalue weighted by Gasteiger charge is 2.32. The summed E-state index contributed by atoms with van der Waals surface area (Å²) >= 11 is 0. The largest absolute Gasteiger partial charge is 0.870 e. The minimum atomic E-state index is 0. The molecule has 0 spiro atoms. The topological polar surface area (TPSA) is 30.0 Å². The number of quaternary nitrogens is 1. The van der Waals surface area contributed by atoms with E-state index >= 15 is 0 Å². The Balaban J connectivity index is 0.00000169. The van der Waals surface area contributed by atoms with Gasteiger partial charge in [-0.1, -0.05) is 6.42 Å². The van der Waals surface area contributed by atoms with Crippen LogP contribution in [-0.4, -0.2) is 35.6 Å². The summed E-state index contributed by atoms with van der Waals surface area (Å²) in [5.74, 6) is 0. The van der Waals surface area contributed by atoms with Gasteiger partial charge in [-0.3, -0.25) is 0 Å². The first-order valence-corrected chi connectivity index (χ1v) is 6.14. The van der Waals surface area contributed by atoms with E-state index in [2.05, 4.69) is 20.8 Å². The highest BCUT2D eigenvalue weighted by atomic mass is 16.0. The van der Waals surface area contributed by atoms with Gasteiger partial charge >= 0.3 is 0 Å². The second-order valence-electron chi connectivity index (χ2n) is 4.46. The molecule has 0 bridgehead atoms. The molecule has 2 heteroatoms. The van der Waals surface area contributed by atoms with Crippen LogP contribution >= 0.6 is 0 Å². The lowest BCUT2D eigenvalue weighted by molar-refractivity contribution is -0.947. The van der Waals surface area contributed by atoms with Gasteiger partial charge in [0.05, 0.1) is 25.7 Å². The SMILES string of the molecule is CC[N+](CC)(CC)C1CCCCC1.[OH-]. The molecule has 1 rings (SSSR count). The summed E-state index contributed by atoms with van der Waals surface area (Å²) in [5.41, 5.74) is 0. The first-order valence-electron chi connectivity index (χ1n) is 6.14. The zero-order chi connectivity index (χ0) is 9.73. The van der Waals surface area contributed by atoms with Crippen LogP contribution in [0.5, 0.6) is 0 Å². The first-order chi connectivity index (χ1) is 6.29. The average molecular weight is 201 g/mol. The van der Waals surface area contributed by atoms with Crippen molar-refractivity contribution in [3.05, 3.63) is 0 Å². The summed E-state index contributed by atoms with van der Waals surface area (Å²) in [4.78, 5) is 0. The van der Waals surface area contributed by atoms with Crippen LogP contribution in [0.3, 0.4) is 0 Å². The summed E-state index contributed by atoms with van der Waals surface area (Å²) in [6.07, 6.45) is 7.40. The molecule has 1 fully saturated rings. The number of nitrogens with zero attached hydrogens (tertiary/aromatic N) is 1. The highest BCUT2D eigenvalue weighted by Crippen LogP contribution is 2.27. The van der Waals surface area contributed by atoms with Gasteiger partial charge in [-0.25, -0.2) is 0 Å². The Labute approximate surface area is 89.2 Å². The molecule has 1 aliphatic rings. The quantitative estimate of drug-likeness (QED) is 0.643. The van der Waals surface area contributed by atoms with Crippen LogP contribution in [0.2, 0.25) is 0 Å². The first kappa shape index (κ1) is 13.9. The summed E-state index contributed by atoms with van der Waals surface area (Å²) < 4.78 is 1.38. The lowest BCUT2D eigenvalue weighted by atomic mass is 9.92.